The quantitative estimate of drug-likeness (QED) is 0.846. The summed E-state index contributed by atoms with van der Waals surface area (Å²) in [6.45, 7) is 0. The van der Waals surface area contributed by atoms with Crippen LogP contribution in [0.4, 0.5) is 0 Å². The zero-order valence-corrected chi connectivity index (χ0v) is 10.5. The van der Waals surface area contributed by atoms with Crippen molar-refractivity contribution in [1.29, 1.82) is 0 Å². The minimum absolute atomic E-state index is 0.230. The van der Waals surface area contributed by atoms with Crippen molar-refractivity contribution in [2.24, 2.45) is 11.7 Å². The van der Waals surface area contributed by atoms with E-state index in [0.29, 0.717) is 5.92 Å². The Morgan fingerprint density at radius 3 is 2.29 bits per heavy atom. The number of hydrogen-bond acceptors (Lipinski definition) is 2. The van der Waals surface area contributed by atoms with Crippen molar-refractivity contribution in [3.63, 3.8) is 0 Å². The van der Waals surface area contributed by atoms with Gasteiger partial charge in [-0.05, 0) is 44.2 Å². The number of nitrogens with zero attached hydrogens (tertiary/aromatic N) is 1. The van der Waals surface area contributed by atoms with Gasteiger partial charge in [0.25, 0.3) is 0 Å². The molecule has 0 saturated carbocycles. The summed E-state index contributed by atoms with van der Waals surface area (Å²) in [4.78, 5) is 2.58. The van der Waals surface area contributed by atoms with Gasteiger partial charge in [-0.15, -0.1) is 0 Å². The van der Waals surface area contributed by atoms with Crippen LogP contribution in [0.2, 0.25) is 0 Å². The molecule has 92 valence electrons. The highest BCUT2D eigenvalue weighted by Gasteiger charge is 2.40. The van der Waals surface area contributed by atoms with Gasteiger partial charge in [-0.2, -0.15) is 0 Å². The molecule has 1 aromatic carbocycles. The van der Waals surface area contributed by atoms with Gasteiger partial charge in [0.1, 0.15) is 0 Å². The Balaban J connectivity index is 1.74. The van der Waals surface area contributed by atoms with Crippen molar-refractivity contribution in [1.82, 2.24) is 4.90 Å². The zero-order chi connectivity index (χ0) is 11.8. The number of benzene rings is 1. The van der Waals surface area contributed by atoms with Crippen molar-refractivity contribution < 1.29 is 0 Å². The first-order chi connectivity index (χ1) is 8.25. The van der Waals surface area contributed by atoms with Crippen LogP contribution in [0, 0.1) is 5.92 Å². The fourth-order valence-corrected chi connectivity index (χ4v) is 3.69. The first-order valence-electron chi connectivity index (χ1n) is 6.78. The lowest BCUT2D eigenvalue weighted by Crippen LogP contribution is -2.42. The Labute approximate surface area is 104 Å². The van der Waals surface area contributed by atoms with E-state index in [1.165, 1.54) is 31.2 Å². The van der Waals surface area contributed by atoms with Crippen molar-refractivity contribution in [2.75, 3.05) is 7.05 Å². The van der Waals surface area contributed by atoms with Gasteiger partial charge in [0, 0.05) is 18.1 Å². The molecule has 3 unspecified atom stereocenters. The first kappa shape index (κ1) is 11.2. The molecular formula is C15H22N2. The van der Waals surface area contributed by atoms with Crippen LogP contribution in [0.15, 0.2) is 30.3 Å². The molecule has 3 atom stereocenters. The number of fused-ring (bicyclic) bond motifs is 2. The summed E-state index contributed by atoms with van der Waals surface area (Å²) < 4.78 is 0. The molecule has 0 aromatic heterocycles. The normalized spacial score (nSPS) is 34.8. The second-order valence-electron chi connectivity index (χ2n) is 5.72. The van der Waals surface area contributed by atoms with Crippen LogP contribution in [0.3, 0.4) is 0 Å². The van der Waals surface area contributed by atoms with Crippen LogP contribution in [0.25, 0.3) is 0 Å². The van der Waals surface area contributed by atoms with Crippen molar-refractivity contribution in [3.8, 4) is 0 Å². The zero-order valence-electron chi connectivity index (χ0n) is 10.5. The summed E-state index contributed by atoms with van der Waals surface area (Å²) in [5.74, 6) is 0.672. The highest BCUT2D eigenvalue weighted by Crippen LogP contribution is 2.41. The second kappa shape index (κ2) is 4.43. The molecule has 2 N–H and O–H groups in total. The van der Waals surface area contributed by atoms with E-state index in [9.17, 15) is 0 Å². The van der Waals surface area contributed by atoms with E-state index in [4.69, 9.17) is 5.73 Å². The van der Waals surface area contributed by atoms with Gasteiger partial charge in [-0.25, -0.2) is 0 Å². The molecule has 2 heteroatoms. The number of hydrogen-bond donors (Lipinski definition) is 1. The van der Waals surface area contributed by atoms with Crippen LogP contribution in [0.1, 0.15) is 37.3 Å². The minimum atomic E-state index is 0.230. The smallest absolute Gasteiger partial charge is 0.0324 e. The van der Waals surface area contributed by atoms with E-state index >= 15 is 0 Å². The maximum atomic E-state index is 6.45. The molecule has 2 heterocycles. The lowest BCUT2D eigenvalue weighted by atomic mass is 9.82. The van der Waals surface area contributed by atoms with Crippen molar-refractivity contribution in [2.45, 2.75) is 43.8 Å². The Hall–Kier alpha value is -0.860. The molecule has 0 amide bonds. The molecule has 3 rings (SSSR count). The van der Waals surface area contributed by atoms with E-state index in [-0.39, 0.29) is 6.04 Å². The number of piperidine rings is 1. The highest BCUT2D eigenvalue weighted by molar-refractivity contribution is 5.20. The standard InChI is InChI=1S/C15H22N2/c1-17-13-7-8-14(17)10-12(9-13)15(16)11-5-3-2-4-6-11/h2-6,12-15H,7-10,16H2,1H3. The summed E-state index contributed by atoms with van der Waals surface area (Å²) >= 11 is 0. The lowest BCUT2D eigenvalue weighted by Gasteiger charge is -2.38. The van der Waals surface area contributed by atoms with E-state index in [1.54, 1.807) is 0 Å². The van der Waals surface area contributed by atoms with Crippen LogP contribution in [-0.4, -0.2) is 24.0 Å². The largest absolute Gasteiger partial charge is 0.324 e. The summed E-state index contributed by atoms with van der Waals surface area (Å²) in [7, 11) is 2.28. The number of nitrogens with two attached hydrogens (primary N) is 1. The molecule has 2 nitrogen and oxygen atoms in total. The average molecular weight is 230 g/mol. The maximum absolute atomic E-state index is 6.45. The molecule has 2 aliphatic heterocycles. The summed E-state index contributed by atoms with van der Waals surface area (Å²) in [6.07, 6.45) is 5.31. The monoisotopic (exact) mass is 230 g/mol. The van der Waals surface area contributed by atoms with Crippen LogP contribution in [-0.2, 0) is 0 Å². The van der Waals surface area contributed by atoms with Gasteiger partial charge in [0.2, 0.25) is 0 Å². The minimum Gasteiger partial charge on any atom is -0.324 e. The van der Waals surface area contributed by atoms with Crippen LogP contribution in [0.5, 0.6) is 0 Å². The van der Waals surface area contributed by atoms with Gasteiger partial charge >= 0.3 is 0 Å². The summed E-state index contributed by atoms with van der Waals surface area (Å²) in [6, 6.07) is 12.4. The molecule has 2 saturated heterocycles. The molecule has 2 aliphatic rings. The Kier molecular flexibility index (Phi) is 2.93. The fraction of sp³-hybridized carbons (Fsp3) is 0.600. The predicted molar refractivity (Wildman–Crippen MR) is 70.7 cm³/mol. The number of rotatable bonds is 2. The van der Waals surface area contributed by atoms with Crippen molar-refractivity contribution >= 4 is 0 Å². The van der Waals surface area contributed by atoms with Crippen LogP contribution >= 0.6 is 0 Å². The summed E-state index contributed by atoms with van der Waals surface area (Å²) in [5.41, 5.74) is 7.76. The van der Waals surface area contributed by atoms with E-state index < -0.39 is 0 Å². The SMILES string of the molecule is CN1C2CCC1CC(C(N)c1ccccc1)C2. The van der Waals surface area contributed by atoms with Gasteiger partial charge in [0.05, 0.1) is 0 Å². The van der Waals surface area contributed by atoms with Crippen molar-refractivity contribution in [3.05, 3.63) is 35.9 Å². The molecular weight excluding hydrogens is 208 g/mol. The maximum Gasteiger partial charge on any atom is 0.0324 e. The first-order valence-corrected chi connectivity index (χ1v) is 6.78. The van der Waals surface area contributed by atoms with E-state index in [1.807, 2.05) is 0 Å². The van der Waals surface area contributed by atoms with E-state index in [0.717, 1.165) is 12.1 Å². The molecule has 0 radical (unpaired) electrons. The summed E-state index contributed by atoms with van der Waals surface area (Å²) in [5, 5.41) is 0. The lowest BCUT2D eigenvalue weighted by molar-refractivity contribution is 0.121. The van der Waals surface area contributed by atoms with Gasteiger partial charge in [-0.1, -0.05) is 30.3 Å². The average Bonchev–Trinajstić information content (AvgIpc) is 2.61. The molecule has 1 aromatic rings. The molecule has 0 spiro atoms. The molecule has 2 bridgehead atoms. The third-order valence-electron chi connectivity index (χ3n) is 4.83. The molecule has 0 aliphatic carbocycles. The Morgan fingerprint density at radius 2 is 1.71 bits per heavy atom. The topological polar surface area (TPSA) is 29.3 Å². The van der Waals surface area contributed by atoms with Crippen LogP contribution < -0.4 is 5.73 Å². The third-order valence-corrected chi connectivity index (χ3v) is 4.83. The van der Waals surface area contributed by atoms with E-state index in [2.05, 4.69) is 42.3 Å². The fourth-order valence-electron chi connectivity index (χ4n) is 3.69. The molecule has 2 fully saturated rings. The Bertz CT molecular complexity index is 362. The van der Waals surface area contributed by atoms with Gasteiger partial charge < -0.3 is 10.6 Å². The third kappa shape index (κ3) is 2.00. The predicted octanol–water partition coefficient (Wildman–Crippen LogP) is 2.56. The Morgan fingerprint density at radius 1 is 1.12 bits per heavy atom. The van der Waals surface area contributed by atoms with Gasteiger partial charge in [0.15, 0.2) is 0 Å². The molecule has 17 heavy (non-hydrogen) atoms. The second-order valence-corrected chi connectivity index (χ2v) is 5.72. The van der Waals surface area contributed by atoms with Gasteiger partial charge in [-0.3, -0.25) is 0 Å². The highest BCUT2D eigenvalue weighted by atomic mass is 15.2.